The smallest absolute Gasteiger partial charge is 0.434 e. The van der Waals surface area contributed by atoms with Crippen molar-refractivity contribution >= 4 is 46.7 Å². The molecule has 0 saturated heterocycles. The SMILES string of the molecule is NC(=O)C1(OC(=O)c2cnc(Nc3ccc(Cl)c(Cl)c3)nc2C(F)(F)F)CCCCC1. The molecule has 1 saturated carbocycles. The fourth-order valence-electron chi connectivity index (χ4n) is 3.26. The maximum atomic E-state index is 13.6. The van der Waals surface area contributed by atoms with Gasteiger partial charge in [0, 0.05) is 11.9 Å². The number of esters is 1. The zero-order valence-electron chi connectivity index (χ0n) is 15.9. The highest BCUT2D eigenvalue weighted by atomic mass is 35.5. The van der Waals surface area contributed by atoms with Gasteiger partial charge in [-0.1, -0.05) is 29.6 Å². The highest BCUT2D eigenvalue weighted by molar-refractivity contribution is 6.42. The number of ether oxygens (including phenoxy) is 1. The lowest BCUT2D eigenvalue weighted by atomic mass is 9.84. The van der Waals surface area contributed by atoms with Crippen LogP contribution in [0.1, 0.15) is 48.2 Å². The van der Waals surface area contributed by atoms with E-state index >= 15 is 0 Å². The Labute approximate surface area is 185 Å². The molecule has 7 nitrogen and oxygen atoms in total. The number of alkyl halides is 3. The van der Waals surface area contributed by atoms with Crippen LogP contribution in [-0.4, -0.2) is 27.4 Å². The van der Waals surface area contributed by atoms with Crippen LogP contribution < -0.4 is 11.1 Å². The van der Waals surface area contributed by atoms with E-state index < -0.39 is 40.9 Å². The minimum Gasteiger partial charge on any atom is -0.445 e. The second-order valence-corrected chi connectivity index (χ2v) is 7.83. The van der Waals surface area contributed by atoms with Crippen LogP contribution in [0.5, 0.6) is 0 Å². The van der Waals surface area contributed by atoms with E-state index in [-0.39, 0.29) is 28.6 Å². The minimum atomic E-state index is -4.99. The van der Waals surface area contributed by atoms with Crippen LogP contribution >= 0.6 is 23.2 Å². The fraction of sp³-hybridized carbons (Fsp3) is 0.368. The Hall–Kier alpha value is -2.59. The number of carbonyl (C=O) groups is 2. The molecule has 0 bridgehead atoms. The number of benzene rings is 1. The number of nitrogens with two attached hydrogens (primary N) is 1. The Bertz CT molecular complexity index is 1010. The maximum absolute atomic E-state index is 13.6. The van der Waals surface area contributed by atoms with Crippen molar-refractivity contribution < 1.29 is 27.5 Å². The molecule has 1 amide bonds. The Morgan fingerprint density at radius 1 is 1.13 bits per heavy atom. The normalized spacial score (nSPS) is 15.9. The van der Waals surface area contributed by atoms with Crippen LogP contribution in [0.25, 0.3) is 0 Å². The molecular formula is C19H17Cl2F3N4O3. The second kappa shape index (κ2) is 8.88. The van der Waals surface area contributed by atoms with Gasteiger partial charge in [-0.2, -0.15) is 13.2 Å². The molecule has 1 aromatic carbocycles. The van der Waals surface area contributed by atoms with Crippen LogP contribution in [0.2, 0.25) is 10.0 Å². The van der Waals surface area contributed by atoms with Crippen molar-refractivity contribution in [3.8, 4) is 0 Å². The molecule has 166 valence electrons. The third-order valence-electron chi connectivity index (χ3n) is 4.85. The summed E-state index contributed by atoms with van der Waals surface area (Å²) in [4.78, 5) is 31.7. The van der Waals surface area contributed by atoms with E-state index in [0.717, 1.165) is 6.42 Å². The number of rotatable bonds is 5. The Morgan fingerprint density at radius 2 is 1.81 bits per heavy atom. The molecule has 0 atom stereocenters. The molecule has 1 aliphatic rings. The summed E-state index contributed by atoms with van der Waals surface area (Å²) in [5.41, 5.74) is 1.60. The molecule has 0 radical (unpaired) electrons. The van der Waals surface area contributed by atoms with Crippen LogP contribution in [-0.2, 0) is 15.7 Å². The number of hydrogen-bond donors (Lipinski definition) is 2. The molecule has 0 unspecified atom stereocenters. The van der Waals surface area contributed by atoms with Gasteiger partial charge in [0.25, 0.3) is 5.91 Å². The lowest BCUT2D eigenvalue weighted by Crippen LogP contribution is -2.49. The first-order valence-electron chi connectivity index (χ1n) is 9.21. The van der Waals surface area contributed by atoms with Crippen molar-refractivity contribution in [3.05, 3.63) is 45.7 Å². The summed E-state index contributed by atoms with van der Waals surface area (Å²) >= 11 is 11.7. The van der Waals surface area contributed by atoms with Gasteiger partial charge in [0.15, 0.2) is 11.3 Å². The van der Waals surface area contributed by atoms with Crippen molar-refractivity contribution in [1.82, 2.24) is 9.97 Å². The average molecular weight is 477 g/mol. The first kappa shape index (κ1) is 23.1. The van der Waals surface area contributed by atoms with E-state index in [2.05, 4.69) is 15.3 Å². The number of anilines is 2. The maximum Gasteiger partial charge on any atom is 0.434 e. The second-order valence-electron chi connectivity index (χ2n) is 7.02. The lowest BCUT2D eigenvalue weighted by Gasteiger charge is -2.33. The molecule has 3 rings (SSSR count). The topological polar surface area (TPSA) is 107 Å². The number of amides is 1. The number of hydrogen-bond acceptors (Lipinski definition) is 6. The van der Waals surface area contributed by atoms with Gasteiger partial charge >= 0.3 is 12.1 Å². The standard InChI is InChI=1S/C19H17Cl2F3N4O3/c20-12-5-4-10(8-13(12)21)27-17-26-9-11(14(28-17)19(22,23)24)15(29)31-18(16(25)30)6-2-1-3-7-18/h4-5,8-9H,1-3,6-7H2,(H2,25,30)(H,26,27,28). The number of nitrogens with one attached hydrogen (secondary N) is 1. The van der Waals surface area contributed by atoms with E-state index in [1.54, 1.807) is 0 Å². The number of halogens is 5. The van der Waals surface area contributed by atoms with Gasteiger partial charge in [0.2, 0.25) is 5.95 Å². The third-order valence-corrected chi connectivity index (χ3v) is 5.59. The molecule has 0 spiro atoms. The van der Waals surface area contributed by atoms with Crippen LogP contribution in [0, 0.1) is 0 Å². The van der Waals surface area contributed by atoms with Gasteiger partial charge < -0.3 is 15.8 Å². The van der Waals surface area contributed by atoms with E-state index in [1.807, 2.05) is 0 Å². The molecule has 1 aliphatic carbocycles. The van der Waals surface area contributed by atoms with Gasteiger partial charge in [0.05, 0.1) is 10.0 Å². The summed E-state index contributed by atoms with van der Waals surface area (Å²) in [6.07, 6.45) is -2.08. The molecule has 3 N–H and O–H groups in total. The van der Waals surface area contributed by atoms with Crippen molar-refractivity contribution in [1.29, 1.82) is 0 Å². The van der Waals surface area contributed by atoms with E-state index in [1.165, 1.54) is 18.2 Å². The summed E-state index contributed by atoms with van der Waals surface area (Å²) in [6.45, 7) is 0. The van der Waals surface area contributed by atoms with Crippen LogP contribution in [0.3, 0.4) is 0 Å². The fourth-order valence-corrected chi connectivity index (χ4v) is 3.56. The largest absolute Gasteiger partial charge is 0.445 e. The van der Waals surface area contributed by atoms with E-state index in [0.29, 0.717) is 19.0 Å². The Balaban J connectivity index is 1.92. The molecular weight excluding hydrogens is 460 g/mol. The summed E-state index contributed by atoms with van der Waals surface area (Å²) in [5, 5.41) is 3.00. The number of aromatic nitrogens is 2. The van der Waals surface area contributed by atoms with Gasteiger partial charge in [-0.25, -0.2) is 14.8 Å². The minimum absolute atomic E-state index is 0.146. The summed E-state index contributed by atoms with van der Waals surface area (Å²) < 4.78 is 46.1. The molecule has 12 heteroatoms. The predicted octanol–water partition coefficient (Wildman–Crippen LogP) is 4.89. The molecule has 1 heterocycles. The van der Waals surface area contributed by atoms with Gasteiger partial charge in [-0.3, -0.25) is 4.79 Å². The monoisotopic (exact) mass is 476 g/mol. The van der Waals surface area contributed by atoms with E-state index in [9.17, 15) is 22.8 Å². The van der Waals surface area contributed by atoms with Crippen molar-refractivity contribution in [2.45, 2.75) is 43.9 Å². The first-order chi connectivity index (χ1) is 14.5. The summed E-state index contributed by atoms with van der Waals surface area (Å²) in [6, 6.07) is 4.28. The molecule has 1 fully saturated rings. The quantitative estimate of drug-likeness (QED) is 0.594. The zero-order chi connectivity index (χ0) is 22.8. The van der Waals surface area contributed by atoms with E-state index in [4.69, 9.17) is 33.7 Å². The van der Waals surface area contributed by atoms with Gasteiger partial charge in [-0.15, -0.1) is 0 Å². The summed E-state index contributed by atoms with van der Waals surface area (Å²) in [5.74, 6) is -2.69. The third kappa shape index (κ3) is 5.19. The van der Waals surface area contributed by atoms with Crippen LogP contribution in [0.4, 0.5) is 24.8 Å². The number of nitrogens with zero attached hydrogens (tertiary/aromatic N) is 2. The molecule has 31 heavy (non-hydrogen) atoms. The van der Waals surface area contributed by atoms with Crippen molar-refractivity contribution in [2.24, 2.45) is 5.73 Å². The molecule has 1 aromatic heterocycles. The summed E-state index contributed by atoms with van der Waals surface area (Å²) in [7, 11) is 0. The predicted molar refractivity (Wildman–Crippen MR) is 107 cm³/mol. The first-order valence-corrected chi connectivity index (χ1v) is 9.97. The van der Waals surface area contributed by atoms with Gasteiger partial charge in [0.1, 0.15) is 5.56 Å². The van der Waals surface area contributed by atoms with Crippen molar-refractivity contribution in [3.63, 3.8) is 0 Å². The van der Waals surface area contributed by atoms with Crippen LogP contribution in [0.15, 0.2) is 24.4 Å². The molecule has 2 aromatic rings. The Kier molecular flexibility index (Phi) is 6.61. The number of primary amides is 1. The highest BCUT2D eigenvalue weighted by Gasteiger charge is 2.44. The van der Waals surface area contributed by atoms with Crippen molar-refractivity contribution in [2.75, 3.05) is 5.32 Å². The highest BCUT2D eigenvalue weighted by Crippen LogP contribution is 2.35. The Morgan fingerprint density at radius 3 is 2.39 bits per heavy atom. The zero-order valence-corrected chi connectivity index (χ0v) is 17.4. The average Bonchev–Trinajstić information content (AvgIpc) is 2.70. The molecule has 0 aliphatic heterocycles. The lowest BCUT2D eigenvalue weighted by molar-refractivity contribution is -0.143. The van der Waals surface area contributed by atoms with Gasteiger partial charge in [-0.05, 0) is 43.9 Å². The number of carbonyl (C=O) groups excluding carboxylic acids is 2.